The van der Waals surface area contributed by atoms with E-state index in [1.54, 1.807) is 146 Å². The van der Waals surface area contributed by atoms with Gasteiger partial charge in [-0.25, -0.2) is 49.7 Å². The number of aromatic carboxylic acids is 1. The van der Waals surface area contributed by atoms with Crippen LogP contribution >= 0.6 is 176 Å². The Kier molecular flexibility index (Phi) is 56.7. The van der Waals surface area contributed by atoms with Crippen molar-refractivity contribution in [2.75, 3.05) is 45.2 Å². The van der Waals surface area contributed by atoms with Crippen molar-refractivity contribution in [3.63, 3.8) is 0 Å². The number of carbonyl (C=O) groups excluding carboxylic acids is 4. The van der Waals surface area contributed by atoms with E-state index in [4.69, 9.17) is 25.4 Å². The number of thiazole rings is 2. The van der Waals surface area contributed by atoms with E-state index in [-0.39, 0.29) is 62.9 Å². The van der Waals surface area contributed by atoms with E-state index in [9.17, 15) is 24.0 Å². The Morgan fingerprint density at radius 2 is 0.931 bits per heavy atom. The van der Waals surface area contributed by atoms with Gasteiger partial charge in [-0.2, -0.15) is 0 Å². The number of fused-ring (bicyclic) bond motifs is 1. The number of carboxylic acid groups (broad SMARTS) is 1. The minimum Gasteiger partial charge on any atom is -0.478 e. The average molecular weight is 2490 g/mol. The molecule has 10 heterocycles. The van der Waals surface area contributed by atoms with Crippen LogP contribution in [0.4, 0.5) is 5.82 Å². The average Bonchev–Trinajstić information content (AvgIpc) is 1.55. The third-order valence-corrected chi connectivity index (χ3v) is 40.4. The number of ether oxygens (including phenoxy) is 2. The predicted molar refractivity (Wildman–Crippen MR) is 562 cm³/mol. The summed E-state index contributed by atoms with van der Waals surface area (Å²) in [6.45, 7) is 17.6. The first kappa shape index (κ1) is 117. The minimum atomic E-state index is -4.11. The molecule has 0 aliphatic heterocycles. The van der Waals surface area contributed by atoms with Crippen LogP contribution in [0, 0.1) is 13.8 Å². The normalized spacial score (nSPS) is 10.3. The Hall–Kier alpha value is -7.25. The fourth-order valence-corrected chi connectivity index (χ4v) is 35.3. The molecule has 130 heavy (non-hydrogen) atoms. The molecule has 0 saturated carbocycles. The van der Waals surface area contributed by atoms with Crippen LogP contribution in [0.3, 0.4) is 0 Å². The fraction of sp³-hybridized carbons (Fsp3) is 0.272. The number of carbonyl (C=O) groups is 5. The zero-order valence-electron chi connectivity index (χ0n) is 73.6. The Bertz CT molecular complexity index is 5590. The van der Waals surface area contributed by atoms with Crippen LogP contribution in [0.15, 0.2) is 257 Å². The number of alkyl halides is 1. The number of benzene rings is 3. The smallest absolute Gasteiger partial charge is 0.335 e. The van der Waals surface area contributed by atoms with Crippen molar-refractivity contribution in [2.24, 2.45) is 5.73 Å². The topological polar surface area (TPSA) is 321 Å². The van der Waals surface area contributed by atoms with Gasteiger partial charge in [-0.05, 0) is 203 Å². The number of nitrogens with zero attached hydrogens (tertiary/aromatic N) is 12. The molecule has 0 bridgehead atoms. The standard InChI is InChI=1S/C29H24N3O4S.2C9H7BrN2S.C8H9BrN2O2.C7H5Br2NO.C7H6BrNO.C6H4BrNO2.3C4H9.C3H8O.C2H5NS.BrH.ClH.Sn/c1-36-29(33)26-19-30-28(27-25(26)17-18-32(27)37(34,35)24-15-9-4-10-16-24)31(20-22-11-5-2-6-12-22)21-23-13-7-3-8-14-23;2*1-6-12-8(5-13-6)7-2-3-11-9(10)4-7;1-11(13-2)8(12)6-3-4-10-7(9)5-6;8-4-6(11)5-1-2-10-7(9)3-5;1-5(10)6-2-3-9-7(8)4-6;7-5-3-4(6(9)10)1-2-8-5;4*1-3-4-2;1-2(3)4;;;/h2-17,19H,20-21H2,1H3;2*2-5H,1H3;3-5H,1-2H3;1-3H,4H2;2-4H,1H3;1-3H,(H,9,10);3*1,3-4H2,2H3;3H2,1-2H3;1H3,(H2,3,4);2*1H;. The molecular weight excluding hydrogens is 2380 g/mol. The van der Waals surface area contributed by atoms with Crippen molar-refractivity contribution in [3.8, 4) is 22.5 Å². The van der Waals surface area contributed by atoms with Gasteiger partial charge >= 0.3 is 310 Å². The number of methoxy groups -OCH3 is 2. The molecule has 0 spiro atoms. The van der Waals surface area contributed by atoms with E-state index in [2.05, 4.69) is 235 Å². The van der Waals surface area contributed by atoms with Crippen molar-refractivity contribution in [3.05, 3.63) is 301 Å². The van der Waals surface area contributed by atoms with Crippen LogP contribution < -0.4 is 14.3 Å². The molecule has 0 saturated heterocycles. The first-order valence-corrected chi connectivity index (χ1v) is 56.9. The zero-order chi connectivity index (χ0) is 94.3. The SMILES string of the molecule is Br.CC(=O)c1ccnc(Br)c1.CC(N)=S.CCC[CH2][Sn]([CH2]CCC)([CH2]CCC)[c]1cc2c(C(=O)OC)cnc(N(Cc3ccccc3)Cc3ccccc3)c2n1S(=O)(=O)c1ccccc1.CCOC.CON(C)C(=O)c1ccnc(Br)c1.Cc1nc(-c2ccnc(Br)c2)cs1.Cc1nc(-c2ccnc(Br)c2)cs1.Cl.O=C(CBr)c1ccnc(Br)c1.O=C(O)c1ccnc(Br)c1. The molecule has 13 aromatic rings. The van der Waals surface area contributed by atoms with Crippen LogP contribution in [0.5, 0.6) is 0 Å². The molecular formula is C92H104Br8ClN13O11S4Sn. The Morgan fingerprint density at radius 3 is 1.28 bits per heavy atom. The molecule has 0 aliphatic rings. The zero-order valence-corrected chi connectivity index (χ0v) is 93.4. The van der Waals surface area contributed by atoms with E-state index < -0.39 is 40.3 Å². The maximum absolute atomic E-state index is 15.3. The number of halogens is 9. The number of thiocarbonyl (C=S) groups is 1. The number of carboxylic acids is 1. The molecule has 1 amide bonds. The molecule has 0 unspecified atom stereocenters. The monoisotopic (exact) mass is 2480 g/mol. The van der Waals surface area contributed by atoms with E-state index in [0.717, 1.165) is 120 Å². The number of hydrogen-bond donors (Lipinski definition) is 2. The largest absolute Gasteiger partial charge is 0.478 e. The number of amides is 1. The summed E-state index contributed by atoms with van der Waals surface area (Å²) < 4.78 is 50.4. The van der Waals surface area contributed by atoms with Crippen molar-refractivity contribution >= 4 is 259 Å². The summed E-state index contributed by atoms with van der Waals surface area (Å²) in [5, 5.41) is 16.8. The van der Waals surface area contributed by atoms with Crippen LogP contribution in [0.1, 0.15) is 153 Å². The molecule has 3 N–H and O–H groups in total. The van der Waals surface area contributed by atoms with Gasteiger partial charge in [0.25, 0.3) is 5.91 Å². The number of hydroxylamine groups is 2. The number of anilines is 1. The van der Waals surface area contributed by atoms with Crippen LogP contribution in [0.2, 0.25) is 13.3 Å². The number of unbranched alkanes of at least 4 members (excludes halogenated alkanes) is 3. The quantitative estimate of drug-likeness (QED) is 0.00918. The van der Waals surface area contributed by atoms with Crippen molar-refractivity contribution in [2.45, 2.75) is 125 Å². The van der Waals surface area contributed by atoms with Crippen LogP contribution in [-0.2, 0) is 37.4 Å². The van der Waals surface area contributed by atoms with Gasteiger partial charge in [0.05, 0.1) is 44.4 Å². The summed E-state index contributed by atoms with van der Waals surface area (Å²) >= 11 is 26.4. The molecule has 0 radical (unpaired) electrons. The second kappa shape index (κ2) is 63.1. The van der Waals surface area contributed by atoms with Gasteiger partial charge in [-0.3, -0.25) is 19.2 Å². The number of Topliss-reactive ketones (excluding diaryl/α,β-unsaturated/α-hetero) is 2. The second-order valence-electron chi connectivity index (χ2n) is 27.6. The van der Waals surface area contributed by atoms with Gasteiger partial charge in [0, 0.05) is 96.5 Å². The van der Waals surface area contributed by atoms with Gasteiger partial charge in [0.15, 0.2) is 11.6 Å². The third kappa shape index (κ3) is 40.1. The summed E-state index contributed by atoms with van der Waals surface area (Å²) in [5.41, 5.74) is 14.1. The number of aryl methyl sites for hydroxylation is 2. The first-order valence-electron chi connectivity index (χ1n) is 40.0. The summed E-state index contributed by atoms with van der Waals surface area (Å²) in [6.07, 6.45) is 17.6. The summed E-state index contributed by atoms with van der Waals surface area (Å²) in [4.78, 5) is 102. The van der Waals surface area contributed by atoms with E-state index in [1.165, 1.54) is 39.5 Å². The number of ketones is 2. The molecule has 13 rings (SSSR count). The Labute approximate surface area is 854 Å². The Morgan fingerprint density at radius 1 is 0.554 bits per heavy atom. The molecule has 38 heteroatoms. The Balaban J connectivity index is 0.000000440. The summed E-state index contributed by atoms with van der Waals surface area (Å²) in [7, 11) is 1.93. The van der Waals surface area contributed by atoms with E-state index in [1.807, 2.05) is 87.5 Å². The van der Waals surface area contributed by atoms with Gasteiger partial charge in [-0.15, -0.1) is 52.1 Å². The van der Waals surface area contributed by atoms with Gasteiger partial charge in [0.1, 0.15) is 27.6 Å². The number of aromatic nitrogens is 10. The van der Waals surface area contributed by atoms with Crippen molar-refractivity contribution in [1.82, 2.24) is 53.9 Å². The molecule has 10 aromatic heterocycles. The van der Waals surface area contributed by atoms with Gasteiger partial charge in [-0.1, -0.05) is 28.1 Å². The number of nitrogens with two attached hydrogens (primary N) is 1. The maximum Gasteiger partial charge on any atom is 0.335 e. The fourth-order valence-electron chi connectivity index (χ4n) is 11.8. The molecule has 3 aromatic carbocycles. The van der Waals surface area contributed by atoms with Crippen molar-refractivity contribution in [1.29, 1.82) is 0 Å². The molecule has 24 nitrogen and oxygen atoms in total. The molecule has 694 valence electrons. The van der Waals surface area contributed by atoms with Crippen LogP contribution in [0.25, 0.3) is 33.4 Å². The number of esters is 1. The van der Waals surface area contributed by atoms with Crippen molar-refractivity contribution < 1.29 is 51.8 Å². The van der Waals surface area contributed by atoms with E-state index in [0.29, 0.717) is 75.2 Å². The first-order chi connectivity index (χ1) is 61.2. The number of pyridine rings is 7. The predicted octanol–water partition coefficient (Wildman–Crippen LogP) is 25.3. The summed E-state index contributed by atoms with van der Waals surface area (Å²) in [6, 6.07) is 51.9. The molecule has 0 aliphatic carbocycles. The molecule has 0 atom stereocenters. The number of rotatable bonds is 27. The number of hydrogen-bond acceptors (Lipinski definition) is 23. The summed E-state index contributed by atoms with van der Waals surface area (Å²) in [5.74, 6) is -1.01. The van der Waals surface area contributed by atoms with Gasteiger partial charge < -0.3 is 15.6 Å². The third-order valence-electron chi connectivity index (χ3n) is 18.1. The van der Waals surface area contributed by atoms with Gasteiger partial charge in [0.2, 0.25) is 0 Å². The minimum absolute atomic E-state index is 0. The second-order valence-corrected chi connectivity index (χ2v) is 50.6. The maximum atomic E-state index is 15.3. The van der Waals surface area contributed by atoms with E-state index >= 15 is 8.42 Å². The molecule has 0 fully saturated rings. The van der Waals surface area contributed by atoms with Crippen LogP contribution in [-0.4, -0.2) is 161 Å².